The van der Waals surface area contributed by atoms with Gasteiger partial charge in [0.05, 0.1) is 13.2 Å². The van der Waals surface area contributed by atoms with Gasteiger partial charge < -0.3 is 24.8 Å². The van der Waals surface area contributed by atoms with Crippen LogP contribution in [0.4, 0.5) is 5.69 Å². The maximum Gasteiger partial charge on any atom is 0.195 e. The number of benzene rings is 1. The van der Waals surface area contributed by atoms with Crippen LogP contribution in [-0.2, 0) is 4.74 Å². The molecule has 0 unspecified atom stereocenters. The number of anilines is 1. The highest BCUT2D eigenvalue weighted by atomic mass is 127. The van der Waals surface area contributed by atoms with Gasteiger partial charge in [0.25, 0.3) is 0 Å². The van der Waals surface area contributed by atoms with E-state index in [0.29, 0.717) is 18.6 Å². The number of hydrogen-bond donors (Lipinski definition) is 2. The summed E-state index contributed by atoms with van der Waals surface area (Å²) in [6, 6.07) is 5.91. The van der Waals surface area contributed by atoms with Crippen LogP contribution >= 0.6 is 24.0 Å². The fourth-order valence-corrected chi connectivity index (χ4v) is 3.34. The summed E-state index contributed by atoms with van der Waals surface area (Å²) in [7, 11) is 3.56. The largest absolute Gasteiger partial charge is 0.490 e. The van der Waals surface area contributed by atoms with Crippen molar-refractivity contribution in [1.29, 1.82) is 0 Å². The fourth-order valence-electron chi connectivity index (χ4n) is 3.34. The monoisotopic (exact) mass is 475 g/mol. The van der Waals surface area contributed by atoms with Crippen molar-refractivity contribution in [3.05, 3.63) is 18.2 Å². The lowest BCUT2D eigenvalue weighted by Gasteiger charge is -2.42. The second-order valence-electron chi connectivity index (χ2n) is 6.86. The summed E-state index contributed by atoms with van der Waals surface area (Å²) in [5, 5.41) is 6.82. The van der Waals surface area contributed by atoms with E-state index >= 15 is 0 Å². The molecule has 0 amide bonds. The van der Waals surface area contributed by atoms with Gasteiger partial charge in [0.15, 0.2) is 17.5 Å². The molecule has 146 valence electrons. The van der Waals surface area contributed by atoms with Crippen LogP contribution in [0.3, 0.4) is 0 Å². The summed E-state index contributed by atoms with van der Waals surface area (Å²) in [4.78, 5) is 4.35. The van der Waals surface area contributed by atoms with E-state index in [1.165, 1.54) is 19.3 Å². The fraction of sp³-hybridized carbons (Fsp3) is 0.632. The zero-order valence-electron chi connectivity index (χ0n) is 15.7. The van der Waals surface area contributed by atoms with E-state index in [4.69, 9.17) is 14.2 Å². The van der Waals surface area contributed by atoms with Crippen LogP contribution in [0, 0.1) is 5.41 Å². The molecule has 7 heteroatoms. The molecular weight excluding hydrogens is 445 g/mol. The molecule has 1 heterocycles. The molecule has 1 aromatic rings. The van der Waals surface area contributed by atoms with E-state index in [-0.39, 0.29) is 24.0 Å². The third-order valence-corrected chi connectivity index (χ3v) is 5.12. The Morgan fingerprint density at radius 2 is 1.96 bits per heavy atom. The van der Waals surface area contributed by atoms with E-state index in [9.17, 15) is 0 Å². The van der Waals surface area contributed by atoms with Crippen LogP contribution in [0.5, 0.6) is 11.5 Å². The molecule has 6 nitrogen and oxygen atoms in total. The Morgan fingerprint density at radius 1 is 1.19 bits per heavy atom. The minimum atomic E-state index is 0. The average molecular weight is 475 g/mol. The first-order valence-corrected chi connectivity index (χ1v) is 9.11. The van der Waals surface area contributed by atoms with Crippen molar-refractivity contribution in [2.75, 3.05) is 45.8 Å². The van der Waals surface area contributed by atoms with Crippen molar-refractivity contribution >= 4 is 35.6 Å². The van der Waals surface area contributed by atoms with Crippen LogP contribution in [0.25, 0.3) is 0 Å². The van der Waals surface area contributed by atoms with Gasteiger partial charge in [0, 0.05) is 45.5 Å². The molecule has 1 aromatic carbocycles. The maximum absolute atomic E-state index is 5.75. The first kappa shape index (κ1) is 21.1. The van der Waals surface area contributed by atoms with Crippen molar-refractivity contribution in [3.8, 4) is 11.5 Å². The number of methoxy groups -OCH3 is 1. The van der Waals surface area contributed by atoms with Crippen LogP contribution in [0.1, 0.15) is 32.1 Å². The molecule has 1 fully saturated rings. The molecule has 0 saturated heterocycles. The highest BCUT2D eigenvalue weighted by molar-refractivity contribution is 14.0. The Labute approximate surface area is 173 Å². The summed E-state index contributed by atoms with van der Waals surface area (Å²) >= 11 is 0. The zero-order valence-corrected chi connectivity index (χ0v) is 18.0. The number of rotatable bonds is 6. The van der Waals surface area contributed by atoms with Crippen LogP contribution in [-0.4, -0.2) is 46.5 Å². The lowest BCUT2D eigenvalue weighted by atomic mass is 9.67. The summed E-state index contributed by atoms with van der Waals surface area (Å²) in [6.45, 7) is 3.12. The summed E-state index contributed by atoms with van der Waals surface area (Å²) < 4.78 is 16.7. The standard InChI is InChI=1S/C19H29N3O3.HI/c1-20-18(21-14-19(7-3-8-19)9-12-23-2)22-15-5-6-16-17(13-15)25-11-4-10-24-16;/h5-6,13H,3-4,7-12,14H2,1-2H3,(H2,20,21,22);1H. The highest BCUT2D eigenvalue weighted by Gasteiger charge is 2.36. The summed E-state index contributed by atoms with van der Waals surface area (Å²) in [5.74, 6) is 2.37. The third kappa shape index (κ3) is 5.39. The van der Waals surface area contributed by atoms with E-state index < -0.39 is 0 Å². The SMILES string of the molecule is CN=C(NCC1(CCOC)CCC1)Nc1ccc2c(c1)OCCCO2.I. The highest BCUT2D eigenvalue weighted by Crippen LogP contribution is 2.43. The van der Waals surface area contributed by atoms with Crippen LogP contribution < -0.4 is 20.1 Å². The van der Waals surface area contributed by atoms with Crippen molar-refractivity contribution < 1.29 is 14.2 Å². The van der Waals surface area contributed by atoms with Crippen molar-refractivity contribution in [2.45, 2.75) is 32.1 Å². The Hall–Kier alpha value is -1.22. The van der Waals surface area contributed by atoms with Gasteiger partial charge in [-0.3, -0.25) is 4.99 Å². The molecule has 0 radical (unpaired) electrons. The van der Waals surface area contributed by atoms with E-state index in [0.717, 1.165) is 49.1 Å². The Kier molecular flexibility index (Phi) is 8.27. The number of ether oxygens (including phenoxy) is 3. The minimum absolute atomic E-state index is 0. The third-order valence-electron chi connectivity index (χ3n) is 5.12. The second-order valence-corrected chi connectivity index (χ2v) is 6.86. The molecule has 1 aliphatic heterocycles. The Balaban J connectivity index is 0.00000243. The van der Waals surface area contributed by atoms with Crippen molar-refractivity contribution in [2.24, 2.45) is 10.4 Å². The van der Waals surface area contributed by atoms with Gasteiger partial charge in [-0.05, 0) is 36.8 Å². The average Bonchev–Trinajstić information content (AvgIpc) is 2.84. The number of hydrogen-bond acceptors (Lipinski definition) is 4. The van der Waals surface area contributed by atoms with Gasteiger partial charge in [-0.15, -0.1) is 24.0 Å². The van der Waals surface area contributed by atoms with Crippen LogP contribution in [0.15, 0.2) is 23.2 Å². The number of fused-ring (bicyclic) bond motifs is 1. The van der Waals surface area contributed by atoms with Gasteiger partial charge in [-0.25, -0.2) is 0 Å². The molecule has 0 bridgehead atoms. The number of nitrogens with zero attached hydrogens (tertiary/aromatic N) is 1. The van der Waals surface area contributed by atoms with Crippen molar-refractivity contribution in [3.63, 3.8) is 0 Å². The topological polar surface area (TPSA) is 64.1 Å². The van der Waals surface area contributed by atoms with Crippen LogP contribution in [0.2, 0.25) is 0 Å². The zero-order chi connectivity index (χ0) is 17.5. The Morgan fingerprint density at radius 3 is 2.62 bits per heavy atom. The van der Waals surface area contributed by atoms with E-state index in [2.05, 4.69) is 15.6 Å². The minimum Gasteiger partial charge on any atom is -0.490 e. The molecule has 0 spiro atoms. The molecule has 2 N–H and O–H groups in total. The molecule has 0 aromatic heterocycles. The van der Waals surface area contributed by atoms with Gasteiger partial charge in [0.1, 0.15) is 0 Å². The molecule has 0 atom stereocenters. The molecular formula is C19H30IN3O3. The normalized spacial score (nSPS) is 18.2. The molecule has 2 aliphatic rings. The van der Waals surface area contributed by atoms with Gasteiger partial charge >= 0.3 is 0 Å². The smallest absolute Gasteiger partial charge is 0.195 e. The Bertz CT molecular complexity index is 606. The first-order chi connectivity index (χ1) is 12.2. The van der Waals surface area contributed by atoms with E-state index in [1.807, 2.05) is 18.2 Å². The number of nitrogens with one attached hydrogen (secondary N) is 2. The van der Waals surface area contributed by atoms with Gasteiger partial charge in [-0.2, -0.15) is 0 Å². The lowest BCUT2D eigenvalue weighted by molar-refractivity contribution is 0.0735. The molecule has 1 saturated carbocycles. The molecule has 3 rings (SSSR count). The van der Waals surface area contributed by atoms with Gasteiger partial charge in [0.2, 0.25) is 0 Å². The first-order valence-electron chi connectivity index (χ1n) is 9.11. The summed E-state index contributed by atoms with van der Waals surface area (Å²) in [6.07, 6.45) is 5.82. The number of halogens is 1. The quantitative estimate of drug-likeness (QED) is 0.374. The number of guanidine groups is 1. The van der Waals surface area contributed by atoms with E-state index in [1.54, 1.807) is 14.2 Å². The predicted molar refractivity (Wildman–Crippen MR) is 115 cm³/mol. The second kappa shape index (κ2) is 10.2. The molecule has 1 aliphatic carbocycles. The lowest BCUT2D eigenvalue weighted by Crippen LogP contribution is -2.44. The maximum atomic E-state index is 5.75. The predicted octanol–water partition coefficient (Wildman–Crippen LogP) is 3.66. The summed E-state index contributed by atoms with van der Waals surface area (Å²) in [5.41, 5.74) is 1.29. The van der Waals surface area contributed by atoms with Crippen molar-refractivity contribution in [1.82, 2.24) is 5.32 Å². The number of aliphatic imine (C=N–C) groups is 1. The van der Waals surface area contributed by atoms with Gasteiger partial charge in [-0.1, -0.05) is 6.42 Å². The molecule has 26 heavy (non-hydrogen) atoms.